The first-order valence-corrected chi connectivity index (χ1v) is 6.80. The van der Waals surface area contributed by atoms with Crippen LogP contribution in [0, 0.1) is 13.8 Å². The second-order valence-electron chi connectivity index (χ2n) is 5.05. The van der Waals surface area contributed by atoms with Gasteiger partial charge in [-0.25, -0.2) is 9.97 Å². The highest BCUT2D eigenvalue weighted by Crippen LogP contribution is 2.33. The lowest BCUT2D eigenvalue weighted by Gasteiger charge is -2.34. The zero-order valence-corrected chi connectivity index (χ0v) is 12.0. The smallest absolute Gasteiger partial charge is 0.160 e. The molecule has 0 radical (unpaired) electrons. The number of hydrogen-bond donors (Lipinski definition) is 1. The summed E-state index contributed by atoms with van der Waals surface area (Å²) in [6, 6.07) is 0. The number of nitrogens with two attached hydrogens (primary N) is 1. The lowest BCUT2D eigenvalue weighted by atomic mass is 9.92. The van der Waals surface area contributed by atoms with Gasteiger partial charge < -0.3 is 15.2 Å². The largest absolute Gasteiger partial charge is 0.381 e. The molecule has 0 amide bonds. The Hall–Kier alpha value is -1.04. The van der Waals surface area contributed by atoms with E-state index in [1.807, 2.05) is 13.8 Å². The molecule has 5 heteroatoms. The third-order valence-corrected chi connectivity index (χ3v) is 3.91. The molecule has 0 bridgehead atoms. The van der Waals surface area contributed by atoms with Gasteiger partial charge in [0.1, 0.15) is 5.60 Å². The van der Waals surface area contributed by atoms with E-state index in [0.29, 0.717) is 19.8 Å². The Morgan fingerprint density at radius 2 is 1.79 bits per heavy atom. The Morgan fingerprint density at radius 1 is 1.21 bits per heavy atom. The molecule has 1 aromatic heterocycles. The zero-order chi connectivity index (χ0) is 13.9. The third-order valence-electron chi connectivity index (χ3n) is 3.91. The molecule has 1 aliphatic rings. The summed E-state index contributed by atoms with van der Waals surface area (Å²) in [5, 5.41) is 0. The van der Waals surface area contributed by atoms with Crippen molar-refractivity contribution in [3.05, 3.63) is 22.8 Å². The molecule has 2 heterocycles. The molecule has 5 nitrogen and oxygen atoms in total. The van der Waals surface area contributed by atoms with Crippen molar-refractivity contribution >= 4 is 0 Å². The molecule has 2 rings (SSSR count). The second-order valence-corrected chi connectivity index (χ2v) is 5.05. The molecule has 0 spiro atoms. The van der Waals surface area contributed by atoms with Gasteiger partial charge in [-0.2, -0.15) is 0 Å². The summed E-state index contributed by atoms with van der Waals surface area (Å²) in [4.78, 5) is 9.34. The Labute approximate surface area is 114 Å². The predicted molar refractivity (Wildman–Crippen MR) is 73.0 cm³/mol. The van der Waals surface area contributed by atoms with Gasteiger partial charge in [0.25, 0.3) is 0 Å². The van der Waals surface area contributed by atoms with Gasteiger partial charge in [0.15, 0.2) is 5.82 Å². The summed E-state index contributed by atoms with van der Waals surface area (Å²) in [7, 11) is 1.73. The van der Waals surface area contributed by atoms with E-state index in [4.69, 9.17) is 15.2 Å². The maximum Gasteiger partial charge on any atom is 0.160 e. The fraction of sp³-hybridized carbons (Fsp3) is 0.714. The van der Waals surface area contributed by atoms with Crippen molar-refractivity contribution in [1.29, 1.82) is 0 Å². The molecule has 1 fully saturated rings. The molecule has 0 atom stereocenters. The van der Waals surface area contributed by atoms with Crippen LogP contribution in [0.25, 0.3) is 0 Å². The predicted octanol–water partition coefficient (Wildman–Crippen LogP) is 1.25. The Balaban J connectivity index is 2.39. The van der Waals surface area contributed by atoms with Crippen LogP contribution in [0.5, 0.6) is 0 Å². The first-order valence-electron chi connectivity index (χ1n) is 6.80. The molecule has 1 aliphatic heterocycles. The SMILES string of the molecule is COC1(c2nc(C)c(CCN)c(C)n2)CCOCC1. The van der Waals surface area contributed by atoms with E-state index in [1.165, 1.54) is 0 Å². The van der Waals surface area contributed by atoms with Crippen LogP contribution >= 0.6 is 0 Å². The molecular formula is C14H23N3O2. The van der Waals surface area contributed by atoms with Crippen molar-refractivity contribution in [2.45, 2.75) is 38.7 Å². The molecular weight excluding hydrogens is 242 g/mol. The molecule has 1 saturated heterocycles. The standard InChI is InChI=1S/C14H23N3O2/c1-10-12(4-7-15)11(2)17-13(16-10)14(18-3)5-8-19-9-6-14/h4-9,15H2,1-3H3. The average molecular weight is 265 g/mol. The quantitative estimate of drug-likeness (QED) is 0.887. The highest BCUT2D eigenvalue weighted by Gasteiger charge is 2.37. The van der Waals surface area contributed by atoms with Crippen LogP contribution in [0.3, 0.4) is 0 Å². The van der Waals surface area contributed by atoms with Gasteiger partial charge in [0.2, 0.25) is 0 Å². The number of methoxy groups -OCH3 is 1. The number of aryl methyl sites for hydroxylation is 2. The fourth-order valence-corrected chi connectivity index (χ4v) is 2.67. The van der Waals surface area contributed by atoms with Gasteiger partial charge in [0.05, 0.1) is 0 Å². The van der Waals surface area contributed by atoms with Crippen LogP contribution < -0.4 is 5.73 Å². The van der Waals surface area contributed by atoms with E-state index in [9.17, 15) is 0 Å². The van der Waals surface area contributed by atoms with Crippen molar-refractivity contribution < 1.29 is 9.47 Å². The zero-order valence-electron chi connectivity index (χ0n) is 12.0. The normalized spacial score (nSPS) is 18.5. The highest BCUT2D eigenvalue weighted by atomic mass is 16.5. The Morgan fingerprint density at radius 3 is 2.26 bits per heavy atom. The number of rotatable bonds is 4. The van der Waals surface area contributed by atoms with Gasteiger partial charge in [-0.15, -0.1) is 0 Å². The minimum atomic E-state index is -0.394. The van der Waals surface area contributed by atoms with Crippen LogP contribution in [-0.2, 0) is 21.5 Å². The van der Waals surface area contributed by atoms with E-state index in [2.05, 4.69) is 9.97 Å². The lowest BCUT2D eigenvalue weighted by molar-refractivity contribution is -0.100. The van der Waals surface area contributed by atoms with Gasteiger partial charge in [-0.05, 0) is 32.4 Å². The fourth-order valence-electron chi connectivity index (χ4n) is 2.67. The van der Waals surface area contributed by atoms with E-state index in [-0.39, 0.29) is 0 Å². The van der Waals surface area contributed by atoms with Crippen LogP contribution in [0.1, 0.15) is 35.6 Å². The van der Waals surface area contributed by atoms with Gasteiger partial charge in [0, 0.05) is 44.6 Å². The van der Waals surface area contributed by atoms with Crippen LogP contribution in [0.15, 0.2) is 0 Å². The van der Waals surface area contributed by atoms with Crippen LogP contribution in [0.2, 0.25) is 0 Å². The van der Waals surface area contributed by atoms with Gasteiger partial charge >= 0.3 is 0 Å². The first-order chi connectivity index (χ1) is 9.13. The molecule has 1 aromatic rings. The molecule has 0 aromatic carbocycles. The summed E-state index contributed by atoms with van der Waals surface area (Å²) >= 11 is 0. The minimum Gasteiger partial charge on any atom is -0.381 e. The summed E-state index contributed by atoms with van der Waals surface area (Å²) in [5.41, 5.74) is 8.42. The van der Waals surface area contributed by atoms with E-state index >= 15 is 0 Å². The summed E-state index contributed by atoms with van der Waals surface area (Å²) in [5.74, 6) is 0.786. The number of aromatic nitrogens is 2. The summed E-state index contributed by atoms with van der Waals surface area (Å²) < 4.78 is 11.2. The molecule has 106 valence electrons. The maximum absolute atomic E-state index is 5.74. The summed E-state index contributed by atoms with van der Waals surface area (Å²) in [6.07, 6.45) is 2.43. The van der Waals surface area contributed by atoms with Crippen molar-refractivity contribution in [1.82, 2.24) is 9.97 Å². The number of ether oxygens (including phenoxy) is 2. The minimum absolute atomic E-state index is 0.394. The van der Waals surface area contributed by atoms with Crippen molar-refractivity contribution in [2.75, 3.05) is 26.9 Å². The summed E-state index contributed by atoms with van der Waals surface area (Å²) in [6.45, 7) is 6.05. The lowest BCUT2D eigenvalue weighted by Crippen LogP contribution is -2.38. The maximum atomic E-state index is 5.74. The monoisotopic (exact) mass is 265 g/mol. The molecule has 0 aliphatic carbocycles. The van der Waals surface area contributed by atoms with Crippen LogP contribution in [-0.4, -0.2) is 36.8 Å². The van der Waals surface area contributed by atoms with Gasteiger partial charge in [-0.1, -0.05) is 0 Å². The molecule has 19 heavy (non-hydrogen) atoms. The topological polar surface area (TPSA) is 70.3 Å². The van der Waals surface area contributed by atoms with Crippen molar-refractivity contribution in [2.24, 2.45) is 5.73 Å². The van der Waals surface area contributed by atoms with E-state index in [0.717, 1.165) is 42.0 Å². The highest BCUT2D eigenvalue weighted by molar-refractivity contribution is 5.26. The third kappa shape index (κ3) is 2.78. The molecule has 0 unspecified atom stereocenters. The Bertz CT molecular complexity index is 419. The Kier molecular flexibility index (Phi) is 4.50. The molecule has 0 saturated carbocycles. The molecule has 2 N–H and O–H groups in total. The number of hydrogen-bond acceptors (Lipinski definition) is 5. The van der Waals surface area contributed by atoms with Crippen LogP contribution in [0.4, 0.5) is 0 Å². The van der Waals surface area contributed by atoms with Crippen molar-refractivity contribution in [3.8, 4) is 0 Å². The number of nitrogens with zero attached hydrogens (tertiary/aromatic N) is 2. The second kappa shape index (κ2) is 5.94. The van der Waals surface area contributed by atoms with E-state index < -0.39 is 5.60 Å². The van der Waals surface area contributed by atoms with E-state index in [1.54, 1.807) is 7.11 Å². The van der Waals surface area contributed by atoms with Crippen molar-refractivity contribution in [3.63, 3.8) is 0 Å². The average Bonchev–Trinajstić information content (AvgIpc) is 2.43. The first kappa shape index (κ1) is 14.4. The van der Waals surface area contributed by atoms with Gasteiger partial charge in [-0.3, -0.25) is 0 Å².